The molecule has 3 heterocycles. The Labute approximate surface area is 322 Å². The molecule has 1 fully saturated rings. The van der Waals surface area contributed by atoms with Crippen molar-refractivity contribution in [3.63, 3.8) is 0 Å². The van der Waals surface area contributed by atoms with Gasteiger partial charge in [-0.15, -0.1) is 0 Å². The molecule has 52 heavy (non-hydrogen) atoms. The molecule has 0 saturated carbocycles. The molecule has 1 aliphatic heterocycles. The van der Waals surface area contributed by atoms with Gasteiger partial charge in [0, 0.05) is 0 Å². The topological polar surface area (TPSA) is 26.3 Å². The maximum atomic E-state index is 7.47. The van der Waals surface area contributed by atoms with Gasteiger partial charge in [0.2, 0.25) is 0 Å². The zero-order chi connectivity index (χ0) is 35.8. The molecule has 1 atom stereocenters. The second kappa shape index (κ2) is 13.4. The van der Waals surface area contributed by atoms with Crippen molar-refractivity contribution < 1.29 is 28.2 Å². The standard InChI is InChI=1S/C46H39O2Si.2ClH.Zr/c1-27-17-20-34-35(41(27)32-13-8-6-9-14-32)25-36(39-21-18-28(2)47-39)43(34)44-37(40-22-19-29(3)48-40)26-38-45(44)42(33-15-10-7-11-16-33)30(4)31(5)46(38)49-23-12-24-49;;;/h6-11,13-22,25,43H,12,23-24H2,1-5H3;2*1H;/q;;;+2/p-2. The van der Waals surface area contributed by atoms with E-state index in [-0.39, 0.29) is 5.92 Å². The van der Waals surface area contributed by atoms with Crippen LogP contribution in [0.15, 0.2) is 106 Å². The minimum atomic E-state index is -3.21. The van der Waals surface area contributed by atoms with Crippen LogP contribution in [-0.2, 0) is 19.4 Å². The van der Waals surface area contributed by atoms with Crippen LogP contribution in [0.3, 0.4) is 0 Å². The number of aryl methyl sites for hydroxylation is 3. The second-order valence-corrected chi connectivity index (χ2v) is 25.3. The zero-order valence-corrected chi connectivity index (χ0v) is 35.1. The van der Waals surface area contributed by atoms with Gasteiger partial charge in [-0.25, -0.2) is 0 Å². The molecule has 2 nitrogen and oxygen atoms in total. The van der Waals surface area contributed by atoms with Crippen LogP contribution in [0.1, 0.15) is 68.8 Å². The molecule has 0 radical (unpaired) electrons. The van der Waals surface area contributed by atoms with Crippen molar-refractivity contribution in [2.75, 3.05) is 0 Å². The molecule has 1 unspecified atom stereocenters. The normalized spacial score (nSPS) is 16.3. The van der Waals surface area contributed by atoms with Gasteiger partial charge in [0.1, 0.15) is 0 Å². The van der Waals surface area contributed by atoms with Crippen LogP contribution < -0.4 is 5.22 Å². The van der Waals surface area contributed by atoms with Gasteiger partial charge < -0.3 is 0 Å². The Kier molecular flexibility index (Phi) is 8.83. The summed E-state index contributed by atoms with van der Waals surface area (Å²) in [5, 5.41) is 1.33. The van der Waals surface area contributed by atoms with Crippen LogP contribution in [-0.4, -0.2) is 8.41 Å². The monoisotopic (exact) mass is 811 g/mol. The maximum absolute atomic E-state index is 7.47. The predicted molar refractivity (Wildman–Crippen MR) is 216 cm³/mol. The molecule has 0 amide bonds. The summed E-state index contributed by atoms with van der Waals surface area (Å²) in [4.78, 5) is 1.54. The Morgan fingerprint density at radius 2 is 1.27 bits per heavy atom. The molecule has 0 spiro atoms. The fraction of sp³-hybridized carbons (Fsp3) is 0.196. The third kappa shape index (κ3) is 5.39. The predicted octanol–water partition coefficient (Wildman–Crippen LogP) is 12.8. The number of hydrogen-bond donors (Lipinski definition) is 0. The molecule has 0 N–H and O–H groups in total. The molecule has 6 heteroatoms. The summed E-state index contributed by atoms with van der Waals surface area (Å²) in [5.74, 6) is 3.36. The minimum absolute atomic E-state index is 0.146. The average Bonchev–Trinajstić information content (AvgIpc) is 3.90. The van der Waals surface area contributed by atoms with E-state index in [1.54, 1.807) is 4.81 Å². The van der Waals surface area contributed by atoms with E-state index in [0.717, 1.165) is 34.2 Å². The molecule has 2 aromatic heterocycles. The van der Waals surface area contributed by atoms with Crippen molar-refractivity contribution >= 4 is 51.5 Å². The van der Waals surface area contributed by atoms with Crippen molar-refractivity contribution in [2.24, 2.45) is 0 Å². The van der Waals surface area contributed by atoms with Crippen LogP contribution in [0.4, 0.5) is 0 Å². The van der Waals surface area contributed by atoms with Gasteiger partial charge >= 0.3 is 325 Å². The zero-order valence-electron chi connectivity index (χ0n) is 30.1. The van der Waals surface area contributed by atoms with E-state index in [4.69, 9.17) is 25.9 Å². The molecular weight excluding hydrogens is 775 g/mol. The third-order valence-electron chi connectivity index (χ3n) is 11.4. The van der Waals surface area contributed by atoms with Crippen molar-refractivity contribution in [3.05, 3.63) is 164 Å². The first-order valence-electron chi connectivity index (χ1n) is 18.1. The number of hydrogen-bond acceptors (Lipinski definition) is 2. The van der Waals surface area contributed by atoms with Crippen LogP contribution in [0, 0.1) is 39.4 Å². The number of rotatable bonds is 6. The molecule has 1 saturated heterocycles. The first-order valence-corrected chi connectivity index (χ1v) is 27.6. The Bertz CT molecular complexity index is 2620. The number of furan rings is 2. The SMILES string of the molecule is Cc1ccc(C2=Cc3c(ccc(C)c3-c3ccccc3)C2C2=C(c3ccc(C)o3)[C]([Zr]([Cl])[Cl])=c3c2c(-c2ccccc2)c(C)c(C)c3=[Si]2CCC2)o1. The Morgan fingerprint density at radius 3 is 1.83 bits per heavy atom. The first kappa shape index (κ1) is 34.3. The van der Waals surface area contributed by atoms with Gasteiger partial charge in [-0.3, -0.25) is 0 Å². The van der Waals surface area contributed by atoms with E-state index in [2.05, 4.69) is 124 Å². The second-order valence-electron chi connectivity index (χ2n) is 14.5. The van der Waals surface area contributed by atoms with Crippen LogP contribution >= 0.6 is 17.0 Å². The fourth-order valence-electron chi connectivity index (χ4n) is 8.88. The van der Waals surface area contributed by atoms with Gasteiger partial charge in [0.25, 0.3) is 0 Å². The van der Waals surface area contributed by atoms with Crippen molar-refractivity contribution in [2.45, 2.75) is 59.0 Å². The Morgan fingerprint density at radius 1 is 0.654 bits per heavy atom. The molecule has 0 bridgehead atoms. The van der Waals surface area contributed by atoms with Crippen LogP contribution in [0.25, 0.3) is 48.3 Å². The van der Waals surface area contributed by atoms with E-state index in [1.807, 2.05) is 13.8 Å². The quantitative estimate of drug-likeness (QED) is 0.157. The summed E-state index contributed by atoms with van der Waals surface area (Å²) in [6.07, 6.45) is 3.68. The molecule has 2 aliphatic carbocycles. The van der Waals surface area contributed by atoms with E-state index in [1.165, 1.54) is 88.2 Å². The van der Waals surface area contributed by atoms with Crippen LogP contribution in [0.2, 0.25) is 12.1 Å². The third-order valence-corrected chi connectivity index (χ3v) is 19.1. The summed E-state index contributed by atoms with van der Waals surface area (Å²) in [6.45, 7) is 11.0. The molecule has 6 aromatic rings. The number of allylic oxidation sites excluding steroid dienone is 3. The summed E-state index contributed by atoms with van der Waals surface area (Å²) in [7, 11) is 14.2. The van der Waals surface area contributed by atoms with Crippen molar-refractivity contribution in [1.82, 2.24) is 0 Å². The summed E-state index contributed by atoms with van der Waals surface area (Å²) in [6, 6.07) is 37.4. The van der Waals surface area contributed by atoms with Crippen molar-refractivity contribution in [1.29, 1.82) is 0 Å². The van der Waals surface area contributed by atoms with Gasteiger partial charge in [-0.2, -0.15) is 0 Å². The van der Waals surface area contributed by atoms with E-state index >= 15 is 0 Å². The average molecular weight is 814 g/mol. The van der Waals surface area contributed by atoms with Gasteiger partial charge in [0.05, 0.1) is 0 Å². The van der Waals surface area contributed by atoms with Crippen molar-refractivity contribution in [3.8, 4) is 22.3 Å². The molecule has 9 rings (SSSR count). The Hall–Kier alpha value is -3.53. The Balaban J connectivity index is 1.49. The summed E-state index contributed by atoms with van der Waals surface area (Å²) >= 11 is -3.21. The first-order chi connectivity index (χ1) is 25.2. The number of halogens is 2. The van der Waals surface area contributed by atoms with E-state index in [0.29, 0.717) is 0 Å². The van der Waals surface area contributed by atoms with Gasteiger partial charge in [-0.05, 0) is 0 Å². The molecule has 257 valence electrons. The molecular formula is C46H39Cl2O2SiZr. The van der Waals surface area contributed by atoms with Crippen LogP contribution in [0.5, 0.6) is 0 Å². The molecule has 4 aromatic carbocycles. The number of benzene rings is 4. The summed E-state index contributed by atoms with van der Waals surface area (Å²) in [5.41, 5.74) is 16.3. The fourth-order valence-corrected chi connectivity index (χ4v) is 16.1. The van der Waals surface area contributed by atoms with E-state index < -0.39 is 27.8 Å². The molecule has 3 aliphatic rings. The van der Waals surface area contributed by atoms with Gasteiger partial charge in [0.15, 0.2) is 0 Å². The summed E-state index contributed by atoms with van der Waals surface area (Å²) < 4.78 is 14.4. The number of fused-ring (bicyclic) bond motifs is 2. The van der Waals surface area contributed by atoms with Gasteiger partial charge in [-0.1, -0.05) is 0 Å². The van der Waals surface area contributed by atoms with E-state index in [9.17, 15) is 0 Å².